The van der Waals surface area contributed by atoms with Gasteiger partial charge in [-0.3, -0.25) is 9.59 Å². The highest BCUT2D eigenvalue weighted by Gasteiger charge is 2.11. The van der Waals surface area contributed by atoms with Crippen molar-refractivity contribution in [3.8, 4) is 17.1 Å². The highest BCUT2D eigenvalue weighted by molar-refractivity contribution is 5.95. The van der Waals surface area contributed by atoms with Gasteiger partial charge in [-0.15, -0.1) is 0 Å². The van der Waals surface area contributed by atoms with Crippen LogP contribution in [-0.4, -0.2) is 36.1 Å². The van der Waals surface area contributed by atoms with Gasteiger partial charge in [0.15, 0.2) is 0 Å². The number of carbonyl (C=O) groups excluding carboxylic acids is 2. The van der Waals surface area contributed by atoms with Crippen LogP contribution in [0.5, 0.6) is 5.75 Å². The van der Waals surface area contributed by atoms with Gasteiger partial charge in [0, 0.05) is 36.7 Å². The van der Waals surface area contributed by atoms with Crippen molar-refractivity contribution in [2.45, 2.75) is 12.8 Å². The van der Waals surface area contributed by atoms with E-state index in [-0.39, 0.29) is 18.2 Å². The Bertz CT molecular complexity index is 949. The maximum absolute atomic E-state index is 12.1. The molecule has 0 unspecified atom stereocenters. The van der Waals surface area contributed by atoms with Gasteiger partial charge in [-0.2, -0.15) is 4.98 Å². The van der Waals surface area contributed by atoms with Gasteiger partial charge >= 0.3 is 0 Å². The molecule has 2 aromatic carbocycles. The van der Waals surface area contributed by atoms with Gasteiger partial charge in [-0.05, 0) is 48.5 Å². The molecule has 144 valence electrons. The summed E-state index contributed by atoms with van der Waals surface area (Å²) in [5.74, 6) is 1.23. The molecule has 28 heavy (non-hydrogen) atoms. The molecule has 2 N–H and O–H groups in total. The highest BCUT2D eigenvalue weighted by atomic mass is 16.5. The number of ether oxygens (including phenoxy) is 1. The third kappa shape index (κ3) is 4.73. The molecule has 1 aromatic heterocycles. The van der Waals surface area contributed by atoms with Crippen LogP contribution < -0.4 is 15.4 Å². The van der Waals surface area contributed by atoms with Crippen LogP contribution in [-0.2, 0) is 11.2 Å². The molecule has 8 nitrogen and oxygen atoms in total. The average molecular weight is 380 g/mol. The Hall–Kier alpha value is -3.68. The fourth-order valence-corrected chi connectivity index (χ4v) is 2.51. The molecule has 0 atom stereocenters. The van der Waals surface area contributed by atoms with Crippen LogP contribution in [0.1, 0.15) is 22.7 Å². The van der Waals surface area contributed by atoms with Gasteiger partial charge in [-0.25, -0.2) is 0 Å². The Labute approximate surface area is 161 Å². The second-order valence-corrected chi connectivity index (χ2v) is 5.94. The first-order valence-corrected chi connectivity index (χ1v) is 8.68. The van der Waals surface area contributed by atoms with Crippen molar-refractivity contribution in [3.63, 3.8) is 0 Å². The van der Waals surface area contributed by atoms with Crippen LogP contribution in [0.2, 0.25) is 0 Å². The predicted octanol–water partition coefficient (Wildman–Crippen LogP) is 2.68. The number of nitrogens with one attached hydrogen (secondary N) is 2. The molecule has 2 amide bonds. The van der Waals surface area contributed by atoms with Gasteiger partial charge in [0.1, 0.15) is 5.75 Å². The zero-order chi connectivity index (χ0) is 19.9. The monoisotopic (exact) mass is 380 g/mol. The molecular weight excluding hydrogens is 360 g/mol. The lowest BCUT2D eigenvalue weighted by Gasteiger charge is -2.05. The number of hydrogen-bond donors (Lipinski definition) is 2. The number of nitrogens with zero attached hydrogens (tertiary/aromatic N) is 2. The lowest BCUT2D eigenvalue weighted by atomic mass is 10.2. The van der Waals surface area contributed by atoms with Crippen LogP contribution in [0.25, 0.3) is 11.4 Å². The standard InChI is InChI=1S/C20H20N4O4/c1-21-20(26)14-3-7-15(8-4-14)22-17(25)11-12-18-23-19(24-28-18)13-5-9-16(27-2)10-6-13/h3-10H,11-12H2,1-2H3,(H,21,26)(H,22,25). The fourth-order valence-electron chi connectivity index (χ4n) is 2.51. The summed E-state index contributed by atoms with van der Waals surface area (Å²) >= 11 is 0. The summed E-state index contributed by atoms with van der Waals surface area (Å²) < 4.78 is 10.3. The first-order valence-electron chi connectivity index (χ1n) is 8.68. The molecule has 0 aliphatic carbocycles. The zero-order valence-electron chi connectivity index (χ0n) is 15.6. The van der Waals surface area contributed by atoms with Gasteiger partial charge < -0.3 is 19.9 Å². The Morgan fingerprint density at radius 2 is 1.79 bits per heavy atom. The number of hydrogen-bond acceptors (Lipinski definition) is 6. The number of amides is 2. The molecule has 8 heteroatoms. The van der Waals surface area contributed by atoms with E-state index in [4.69, 9.17) is 9.26 Å². The van der Waals surface area contributed by atoms with Crippen molar-refractivity contribution in [1.29, 1.82) is 0 Å². The lowest BCUT2D eigenvalue weighted by Crippen LogP contribution is -2.18. The van der Waals surface area contributed by atoms with Gasteiger partial charge in [0.2, 0.25) is 17.6 Å². The van der Waals surface area contributed by atoms with Crippen molar-refractivity contribution in [1.82, 2.24) is 15.5 Å². The number of anilines is 1. The maximum Gasteiger partial charge on any atom is 0.251 e. The molecule has 0 spiro atoms. The summed E-state index contributed by atoms with van der Waals surface area (Å²) in [6, 6.07) is 13.9. The molecule has 3 rings (SSSR count). The Kier molecular flexibility index (Phi) is 6.01. The minimum Gasteiger partial charge on any atom is -0.497 e. The quantitative estimate of drug-likeness (QED) is 0.653. The third-order valence-electron chi connectivity index (χ3n) is 4.04. The van der Waals surface area contributed by atoms with Gasteiger partial charge in [0.25, 0.3) is 5.91 Å². The van der Waals surface area contributed by atoms with E-state index < -0.39 is 0 Å². The second kappa shape index (κ2) is 8.81. The van der Waals surface area contributed by atoms with Crippen LogP contribution in [0, 0.1) is 0 Å². The molecule has 3 aromatic rings. The number of benzene rings is 2. The number of aromatic nitrogens is 2. The smallest absolute Gasteiger partial charge is 0.251 e. The molecular formula is C20H20N4O4. The Morgan fingerprint density at radius 1 is 1.07 bits per heavy atom. The molecule has 0 bridgehead atoms. The molecule has 0 radical (unpaired) electrons. The minimum atomic E-state index is -0.183. The summed E-state index contributed by atoms with van der Waals surface area (Å²) in [6.45, 7) is 0. The van der Waals surface area contributed by atoms with Crippen molar-refractivity contribution < 1.29 is 18.8 Å². The zero-order valence-corrected chi connectivity index (χ0v) is 15.6. The van der Waals surface area contributed by atoms with E-state index >= 15 is 0 Å². The van der Waals surface area contributed by atoms with E-state index in [2.05, 4.69) is 20.8 Å². The van der Waals surface area contributed by atoms with E-state index in [9.17, 15) is 9.59 Å². The van der Waals surface area contributed by atoms with Crippen molar-refractivity contribution in [2.24, 2.45) is 0 Å². The number of rotatable bonds is 7. The number of methoxy groups -OCH3 is 1. The van der Waals surface area contributed by atoms with Gasteiger partial charge in [-0.1, -0.05) is 5.16 Å². The molecule has 1 heterocycles. The fraction of sp³-hybridized carbons (Fsp3) is 0.200. The molecule has 0 saturated carbocycles. The lowest BCUT2D eigenvalue weighted by molar-refractivity contribution is -0.116. The molecule has 0 fully saturated rings. The van der Waals surface area contributed by atoms with Crippen molar-refractivity contribution in [2.75, 3.05) is 19.5 Å². The third-order valence-corrected chi connectivity index (χ3v) is 4.04. The second-order valence-electron chi connectivity index (χ2n) is 5.94. The average Bonchev–Trinajstić information content (AvgIpc) is 3.21. The summed E-state index contributed by atoms with van der Waals surface area (Å²) in [6.07, 6.45) is 0.521. The largest absolute Gasteiger partial charge is 0.497 e. The van der Waals surface area contributed by atoms with Crippen LogP contribution in [0.3, 0.4) is 0 Å². The first kappa shape index (κ1) is 19.1. The summed E-state index contributed by atoms with van der Waals surface area (Å²) in [4.78, 5) is 27.9. The van der Waals surface area contributed by atoms with E-state index in [0.717, 1.165) is 11.3 Å². The summed E-state index contributed by atoms with van der Waals surface area (Å²) in [5.41, 5.74) is 1.94. The van der Waals surface area contributed by atoms with Crippen LogP contribution >= 0.6 is 0 Å². The van der Waals surface area contributed by atoms with E-state index in [1.54, 1.807) is 38.4 Å². The first-order chi connectivity index (χ1) is 13.6. The van der Waals surface area contributed by atoms with Crippen molar-refractivity contribution >= 4 is 17.5 Å². The predicted molar refractivity (Wildman–Crippen MR) is 103 cm³/mol. The molecule has 0 aliphatic heterocycles. The normalized spacial score (nSPS) is 10.4. The minimum absolute atomic E-state index is 0.179. The van der Waals surface area contributed by atoms with Crippen LogP contribution in [0.4, 0.5) is 5.69 Å². The number of carbonyl (C=O) groups is 2. The van der Waals surface area contributed by atoms with Crippen LogP contribution in [0.15, 0.2) is 53.1 Å². The topological polar surface area (TPSA) is 106 Å². The Balaban J connectivity index is 1.53. The number of aryl methyl sites for hydroxylation is 1. The summed E-state index contributed by atoms with van der Waals surface area (Å²) in [7, 11) is 3.17. The molecule has 0 aliphatic rings. The highest BCUT2D eigenvalue weighted by Crippen LogP contribution is 2.20. The SMILES string of the molecule is CNC(=O)c1ccc(NC(=O)CCc2nc(-c3ccc(OC)cc3)no2)cc1. The molecule has 0 saturated heterocycles. The van der Waals surface area contributed by atoms with E-state index in [1.165, 1.54) is 0 Å². The maximum atomic E-state index is 12.1. The summed E-state index contributed by atoms with van der Waals surface area (Å²) in [5, 5.41) is 9.26. The van der Waals surface area contributed by atoms with Gasteiger partial charge in [0.05, 0.1) is 7.11 Å². The van der Waals surface area contributed by atoms with E-state index in [0.29, 0.717) is 29.4 Å². The Morgan fingerprint density at radius 3 is 2.43 bits per heavy atom. The van der Waals surface area contributed by atoms with Crippen molar-refractivity contribution in [3.05, 3.63) is 60.0 Å². The van der Waals surface area contributed by atoms with E-state index in [1.807, 2.05) is 24.3 Å².